The normalized spacial score (nSPS) is 11.8. The minimum absolute atomic E-state index is 1.15. The van der Waals surface area contributed by atoms with Gasteiger partial charge in [-0.2, -0.15) is 0 Å². The molecule has 9 aromatic rings. The molecule has 0 bridgehead atoms. The van der Waals surface area contributed by atoms with Gasteiger partial charge in [0.05, 0.1) is 16.6 Å². The summed E-state index contributed by atoms with van der Waals surface area (Å²) in [4.78, 5) is 0. The third-order valence-corrected chi connectivity index (χ3v) is 8.70. The van der Waals surface area contributed by atoms with Gasteiger partial charge < -0.3 is 9.13 Å². The van der Waals surface area contributed by atoms with Crippen LogP contribution < -0.4 is 0 Å². The van der Waals surface area contributed by atoms with Gasteiger partial charge >= 0.3 is 0 Å². The van der Waals surface area contributed by atoms with Crippen LogP contribution >= 0.6 is 0 Å². The second-order valence-corrected chi connectivity index (χ2v) is 11.0. The minimum Gasteiger partial charge on any atom is -0.315 e. The first-order valence-electron chi connectivity index (χ1n) is 14.4. The molecule has 42 heavy (non-hydrogen) atoms. The van der Waals surface area contributed by atoms with Crippen molar-refractivity contribution in [1.82, 2.24) is 9.13 Å². The molecule has 0 aliphatic rings. The fraction of sp³-hybridized carbons (Fsp3) is 0. The molecule has 0 unspecified atom stereocenters. The van der Waals surface area contributed by atoms with Crippen molar-refractivity contribution in [1.29, 1.82) is 0 Å². The number of rotatable bonds is 3. The highest BCUT2D eigenvalue weighted by atomic mass is 15.0. The minimum atomic E-state index is 1.15. The molecule has 0 spiro atoms. The molecule has 2 heterocycles. The van der Waals surface area contributed by atoms with E-state index in [4.69, 9.17) is 0 Å². The van der Waals surface area contributed by atoms with E-state index in [1.165, 1.54) is 71.1 Å². The van der Waals surface area contributed by atoms with E-state index in [2.05, 4.69) is 167 Å². The highest BCUT2D eigenvalue weighted by Crippen LogP contribution is 2.38. The van der Waals surface area contributed by atoms with Crippen molar-refractivity contribution in [3.63, 3.8) is 0 Å². The lowest BCUT2D eigenvalue weighted by Crippen LogP contribution is -1.98. The van der Waals surface area contributed by atoms with Gasteiger partial charge in [0.1, 0.15) is 0 Å². The molecule has 2 aromatic heterocycles. The molecule has 0 aliphatic carbocycles. The largest absolute Gasteiger partial charge is 0.315 e. The summed E-state index contributed by atoms with van der Waals surface area (Å²) in [5.74, 6) is 0. The van der Waals surface area contributed by atoms with Crippen LogP contribution in [0.25, 0.3) is 76.8 Å². The Morgan fingerprint density at radius 3 is 1.98 bits per heavy atom. The van der Waals surface area contributed by atoms with E-state index in [-0.39, 0.29) is 0 Å². The number of nitrogens with zero attached hydrogens (tertiary/aromatic N) is 2. The maximum absolute atomic E-state index is 2.42. The molecular weight excluding hydrogens is 508 g/mol. The van der Waals surface area contributed by atoms with Gasteiger partial charge in [-0.15, -0.1) is 0 Å². The van der Waals surface area contributed by atoms with E-state index in [1.54, 1.807) is 0 Å². The predicted molar refractivity (Wildman–Crippen MR) is 178 cm³/mol. The lowest BCUT2D eigenvalue weighted by molar-refractivity contribution is 1.12. The fourth-order valence-corrected chi connectivity index (χ4v) is 6.76. The highest BCUT2D eigenvalue weighted by molar-refractivity contribution is 6.18. The van der Waals surface area contributed by atoms with E-state index in [0.717, 1.165) is 5.69 Å². The maximum Gasteiger partial charge on any atom is 0.0788 e. The first-order chi connectivity index (χ1) is 20.8. The van der Waals surface area contributed by atoms with Crippen LogP contribution in [0.1, 0.15) is 0 Å². The van der Waals surface area contributed by atoms with Gasteiger partial charge in [0.15, 0.2) is 0 Å². The third-order valence-electron chi connectivity index (χ3n) is 8.70. The lowest BCUT2D eigenvalue weighted by Gasteiger charge is -2.13. The van der Waals surface area contributed by atoms with Gasteiger partial charge in [-0.1, -0.05) is 109 Å². The standard InChI is InChI=1S/C40H26N2/c1-2-11-32(12-3-1)42-38-16-7-6-15-36(38)37-22-19-28-23-24-41(39(28)40(37)42)33-13-8-10-29(26-33)30-20-21-35-31(25-30)18-17-27-9-4-5-14-34(27)35/h1-26H. The Morgan fingerprint density at radius 1 is 0.357 bits per heavy atom. The van der Waals surface area contributed by atoms with Crippen LogP contribution in [-0.4, -0.2) is 9.13 Å². The molecule has 0 aliphatic heterocycles. The Kier molecular flexibility index (Phi) is 4.93. The van der Waals surface area contributed by atoms with Gasteiger partial charge in [0, 0.05) is 33.7 Å². The molecule has 0 N–H and O–H groups in total. The van der Waals surface area contributed by atoms with Gasteiger partial charge in [0.2, 0.25) is 0 Å². The Bertz CT molecular complexity index is 2460. The number of benzene rings is 7. The zero-order valence-corrected chi connectivity index (χ0v) is 22.9. The van der Waals surface area contributed by atoms with E-state index in [9.17, 15) is 0 Å². The summed E-state index contributed by atoms with van der Waals surface area (Å²) in [6, 6.07) is 55.0. The van der Waals surface area contributed by atoms with Crippen LogP contribution in [-0.2, 0) is 0 Å². The molecule has 0 saturated carbocycles. The molecule has 0 fully saturated rings. The SMILES string of the molecule is c1ccc(-n2c3ccccc3c3ccc4ccn(-c5cccc(-c6ccc7c(ccc8ccccc87)c6)c5)c4c32)cc1. The van der Waals surface area contributed by atoms with E-state index < -0.39 is 0 Å². The topological polar surface area (TPSA) is 9.86 Å². The van der Waals surface area contributed by atoms with Crippen LogP contribution in [0.5, 0.6) is 0 Å². The van der Waals surface area contributed by atoms with Crippen molar-refractivity contribution in [2.45, 2.75) is 0 Å². The summed E-state index contributed by atoms with van der Waals surface area (Å²) in [6.45, 7) is 0. The first kappa shape index (κ1) is 23.1. The molecule has 9 rings (SSSR count). The molecule has 2 nitrogen and oxygen atoms in total. The predicted octanol–water partition coefficient (Wildman–Crippen LogP) is 10.7. The van der Waals surface area contributed by atoms with E-state index in [0.29, 0.717) is 0 Å². The number of aromatic nitrogens is 2. The summed E-state index contributed by atoms with van der Waals surface area (Å²) in [6.07, 6.45) is 2.21. The Morgan fingerprint density at radius 2 is 1.05 bits per heavy atom. The number of hydrogen-bond acceptors (Lipinski definition) is 0. The van der Waals surface area contributed by atoms with Gasteiger partial charge in [0.25, 0.3) is 0 Å². The second kappa shape index (κ2) is 8.95. The molecule has 0 amide bonds. The zero-order chi connectivity index (χ0) is 27.6. The molecule has 0 radical (unpaired) electrons. The summed E-state index contributed by atoms with van der Waals surface area (Å²) >= 11 is 0. The van der Waals surface area contributed by atoms with Crippen LogP contribution in [0.4, 0.5) is 0 Å². The molecule has 7 aromatic carbocycles. The number of fused-ring (bicyclic) bond motifs is 8. The zero-order valence-electron chi connectivity index (χ0n) is 22.9. The molecule has 0 saturated heterocycles. The monoisotopic (exact) mass is 534 g/mol. The molecule has 0 atom stereocenters. The average molecular weight is 535 g/mol. The van der Waals surface area contributed by atoms with E-state index >= 15 is 0 Å². The van der Waals surface area contributed by atoms with Gasteiger partial charge in [-0.05, 0) is 75.1 Å². The van der Waals surface area contributed by atoms with Crippen LogP contribution in [0, 0.1) is 0 Å². The van der Waals surface area contributed by atoms with Crippen molar-refractivity contribution < 1.29 is 0 Å². The smallest absolute Gasteiger partial charge is 0.0788 e. The average Bonchev–Trinajstić information content (AvgIpc) is 3.64. The molecule has 196 valence electrons. The number of para-hydroxylation sites is 2. The highest BCUT2D eigenvalue weighted by Gasteiger charge is 2.17. The first-order valence-corrected chi connectivity index (χ1v) is 14.4. The van der Waals surface area contributed by atoms with Gasteiger partial charge in [-0.25, -0.2) is 0 Å². The quantitative estimate of drug-likeness (QED) is 0.200. The van der Waals surface area contributed by atoms with Gasteiger partial charge in [-0.3, -0.25) is 0 Å². The maximum atomic E-state index is 2.42. The van der Waals surface area contributed by atoms with Crippen molar-refractivity contribution in [3.05, 3.63) is 158 Å². The fourth-order valence-electron chi connectivity index (χ4n) is 6.76. The summed E-state index contributed by atoms with van der Waals surface area (Å²) < 4.78 is 4.77. The van der Waals surface area contributed by atoms with Crippen molar-refractivity contribution >= 4 is 54.3 Å². The van der Waals surface area contributed by atoms with E-state index in [1.807, 2.05) is 0 Å². The molecule has 2 heteroatoms. The lowest BCUT2D eigenvalue weighted by atomic mass is 9.97. The molecular formula is C40H26N2. The van der Waals surface area contributed by atoms with Crippen LogP contribution in [0.3, 0.4) is 0 Å². The Balaban J connectivity index is 1.27. The van der Waals surface area contributed by atoms with Crippen LogP contribution in [0.15, 0.2) is 158 Å². The summed E-state index contributed by atoms with van der Waals surface area (Å²) in [7, 11) is 0. The second-order valence-electron chi connectivity index (χ2n) is 11.0. The Hall–Kier alpha value is -5.60. The summed E-state index contributed by atoms with van der Waals surface area (Å²) in [5.41, 5.74) is 8.42. The third kappa shape index (κ3) is 3.39. The van der Waals surface area contributed by atoms with Crippen molar-refractivity contribution in [2.24, 2.45) is 0 Å². The van der Waals surface area contributed by atoms with Crippen molar-refractivity contribution in [3.8, 4) is 22.5 Å². The van der Waals surface area contributed by atoms with Crippen molar-refractivity contribution in [2.75, 3.05) is 0 Å². The summed E-state index contributed by atoms with van der Waals surface area (Å²) in [5, 5.41) is 8.89. The Labute approximate surface area is 243 Å². The number of hydrogen-bond donors (Lipinski definition) is 0. The van der Waals surface area contributed by atoms with Crippen LogP contribution in [0.2, 0.25) is 0 Å².